The first kappa shape index (κ1) is 22.2. The van der Waals surface area contributed by atoms with E-state index >= 15 is 0 Å². The molecule has 1 aromatic rings. The van der Waals surface area contributed by atoms with E-state index in [-0.39, 0.29) is 0 Å². The van der Waals surface area contributed by atoms with Gasteiger partial charge in [0, 0.05) is 5.92 Å². The number of unbranched alkanes of at least 4 members (excludes halogenated alkanes) is 2. The van der Waals surface area contributed by atoms with Gasteiger partial charge in [0.05, 0.1) is 0 Å². The summed E-state index contributed by atoms with van der Waals surface area (Å²) in [5.41, 5.74) is 2.99. The standard InChI is InChI=1S/C29H42/c1-3-5-6-9-25-12-14-26(15-13-25)10-7-8-11-27-18-22-29(23-19-27)28-20-16-24(4-2)17-21-28/h7,10,16-17,20-21,25-27,29H,3-6,9,12-15,18-19,22-23H2,1-2H3/b10-7+. The topological polar surface area (TPSA) is 0 Å². The Morgan fingerprint density at radius 1 is 0.862 bits per heavy atom. The molecule has 2 saturated carbocycles. The zero-order chi connectivity index (χ0) is 20.3. The van der Waals surface area contributed by atoms with Gasteiger partial charge in [0.2, 0.25) is 0 Å². The average Bonchev–Trinajstić information content (AvgIpc) is 2.78. The third-order valence-corrected chi connectivity index (χ3v) is 7.43. The predicted molar refractivity (Wildman–Crippen MR) is 127 cm³/mol. The highest BCUT2D eigenvalue weighted by Gasteiger charge is 2.21. The lowest BCUT2D eigenvalue weighted by Gasteiger charge is -2.26. The van der Waals surface area contributed by atoms with E-state index in [9.17, 15) is 0 Å². The van der Waals surface area contributed by atoms with E-state index in [1.807, 2.05) is 0 Å². The largest absolute Gasteiger partial charge is 0.0951 e. The van der Waals surface area contributed by atoms with E-state index in [1.54, 1.807) is 5.56 Å². The molecule has 0 amide bonds. The molecule has 0 heterocycles. The number of aryl methyl sites for hydroxylation is 1. The molecular formula is C29H42. The lowest BCUT2D eigenvalue weighted by molar-refractivity contribution is 0.289. The number of benzene rings is 1. The first-order valence-electron chi connectivity index (χ1n) is 12.5. The van der Waals surface area contributed by atoms with Crippen LogP contribution in [0.2, 0.25) is 0 Å². The van der Waals surface area contributed by atoms with Gasteiger partial charge in [-0.15, -0.1) is 0 Å². The minimum Gasteiger partial charge on any atom is -0.0951 e. The summed E-state index contributed by atoms with van der Waals surface area (Å²) >= 11 is 0. The quantitative estimate of drug-likeness (QED) is 0.323. The average molecular weight is 391 g/mol. The lowest BCUT2D eigenvalue weighted by Crippen LogP contribution is -2.13. The monoisotopic (exact) mass is 390 g/mol. The first-order chi connectivity index (χ1) is 14.3. The van der Waals surface area contributed by atoms with E-state index in [4.69, 9.17) is 0 Å². The Bertz CT molecular complexity index is 652. The molecule has 2 aliphatic rings. The van der Waals surface area contributed by atoms with Crippen molar-refractivity contribution >= 4 is 0 Å². The number of allylic oxidation sites excluding steroid dienone is 2. The van der Waals surface area contributed by atoms with Crippen LogP contribution in [0.25, 0.3) is 0 Å². The smallest absolute Gasteiger partial charge is 0.0206 e. The highest BCUT2D eigenvalue weighted by atomic mass is 14.3. The maximum atomic E-state index is 3.56. The molecule has 0 saturated heterocycles. The fraction of sp³-hybridized carbons (Fsp3) is 0.655. The van der Waals surface area contributed by atoms with Gasteiger partial charge in [-0.3, -0.25) is 0 Å². The van der Waals surface area contributed by atoms with Crippen molar-refractivity contribution in [2.75, 3.05) is 0 Å². The Kier molecular flexibility index (Phi) is 9.40. The van der Waals surface area contributed by atoms with E-state index in [0.717, 1.165) is 24.2 Å². The van der Waals surface area contributed by atoms with Crippen LogP contribution in [0.4, 0.5) is 0 Å². The molecule has 158 valence electrons. The molecule has 0 spiro atoms. The molecule has 2 aliphatic carbocycles. The Morgan fingerprint density at radius 2 is 1.59 bits per heavy atom. The molecule has 0 unspecified atom stereocenters. The highest BCUT2D eigenvalue weighted by molar-refractivity contribution is 5.26. The normalized spacial score (nSPS) is 27.5. The van der Waals surface area contributed by atoms with Crippen LogP contribution in [0.3, 0.4) is 0 Å². The van der Waals surface area contributed by atoms with Crippen LogP contribution < -0.4 is 0 Å². The van der Waals surface area contributed by atoms with Crippen LogP contribution in [0.1, 0.15) is 108 Å². The molecule has 0 heteroatoms. The predicted octanol–water partition coefficient (Wildman–Crippen LogP) is 8.47. The second kappa shape index (κ2) is 12.3. The second-order valence-electron chi connectivity index (χ2n) is 9.57. The Balaban J connectivity index is 1.35. The Morgan fingerprint density at radius 3 is 2.24 bits per heavy atom. The fourth-order valence-corrected chi connectivity index (χ4v) is 5.30. The van der Waals surface area contributed by atoms with Gasteiger partial charge in [-0.1, -0.05) is 81.7 Å². The van der Waals surface area contributed by atoms with Crippen LogP contribution in [-0.4, -0.2) is 0 Å². The summed E-state index contributed by atoms with van der Waals surface area (Å²) < 4.78 is 0. The van der Waals surface area contributed by atoms with E-state index in [2.05, 4.69) is 62.1 Å². The maximum Gasteiger partial charge on any atom is 0.0206 e. The molecule has 0 nitrogen and oxygen atoms in total. The van der Waals surface area contributed by atoms with Crippen LogP contribution >= 0.6 is 0 Å². The summed E-state index contributed by atoms with van der Waals surface area (Å²) in [5, 5.41) is 0. The molecule has 2 fully saturated rings. The Hall–Kier alpha value is -1.48. The van der Waals surface area contributed by atoms with Crippen LogP contribution in [0.5, 0.6) is 0 Å². The van der Waals surface area contributed by atoms with Crippen LogP contribution in [0, 0.1) is 29.6 Å². The van der Waals surface area contributed by atoms with Crippen molar-refractivity contribution in [1.82, 2.24) is 0 Å². The van der Waals surface area contributed by atoms with Crippen molar-refractivity contribution in [3.8, 4) is 11.8 Å². The van der Waals surface area contributed by atoms with Crippen molar-refractivity contribution < 1.29 is 0 Å². The number of hydrogen-bond donors (Lipinski definition) is 0. The van der Waals surface area contributed by atoms with Gasteiger partial charge in [-0.05, 0) is 92.7 Å². The van der Waals surface area contributed by atoms with Crippen LogP contribution in [-0.2, 0) is 6.42 Å². The molecule has 0 aliphatic heterocycles. The molecule has 0 bridgehead atoms. The zero-order valence-electron chi connectivity index (χ0n) is 19.0. The minimum absolute atomic E-state index is 0.611. The molecule has 29 heavy (non-hydrogen) atoms. The van der Waals surface area contributed by atoms with Gasteiger partial charge in [0.25, 0.3) is 0 Å². The molecular weight excluding hydrogens is 348 g/mol. The Labute approximate surface area is 180 Å². The summed E-state index contributed by atoms with van der Waals surface area (Å²) in [6.45, 7) is 4.53. The number of rotatable bonds is 7. The zero-order valence-corrected chi connectivity index (χ0v) is 19.0. The molecule has 3 rings (SSSR count). The van der Waals surface area contributed by atoms with Crippen molar-refractivity contribution in [2.24, 2.45) is 17.8 Å². The van der Waals surface area contributed by atoms with E-state index in [0.29, 0.717) is 5.92 Å². The van der Waals surface area contributed by atoms with E-state index in [1.165, 1.54) is 82.6 Å². The maximum absolute atomic E-state index is 3.56. The molecule has 0 radical (unpaired) electrons. The summed E-state index contributed by atoms with van der Waals surface area (Å²) in [6.07, 6.45) is 22.2. The molecule has 0 aromatic heterocycles. The summed E-state index contributed by atoms with van der Waals surface area (Å²) in [4.78, 5) is 0. The second-order valence-corrected chi connectivity index (χ2v) is 9.57. The van der Waals surface area contributed by atoms with Gasteiger partial charge in [0.15, 0.2) is 0 Å². The summed E-state index contributed by atoms with van der Waals surface area (Å²) in [6, 6.07) is 9.34. The van der Waals surface area contributed by atoms with Crippen molar-refractivity contribution in [3.05, 3.63) is 47.5 Å². The van der Waals surface area contributed by atoms with Gasteiger partial charge >= 0.3 is 0 Å². The highest BCUT2D eigenvalue weighted by Crippen LogP contribution is 2.36. The third kappa shape index (κ3) is 7.37. The van der Waals surface area contributed by atoms with Gasteiger partial charge < -0.3 is 0 Å². The fourth-order valence-electron chi connectivity index (χ4n) is 5.30. The minimum atomic E-state index is 0.611. The first-order valence-corrected chi connectivity index (χ1v) is 12.5. The third-order valence-electron chi connectivity index (χ3n) is 7.43. The molecule has 1 aromatic carbocycles. The van der Waals surface area contributed by atoms with E-state index < -0.39 is 0 Å². The van der Waals surface area contributed by atoms with Crippen molar-refractivity contribution in [2.45, 2.75) is 103 Å². The van der Waals surface area contributed by atoms with Crippen molar-refractivity contribution in [3.63, 3.8) is 0 Å². The summed E-state index contributed by atoms with van der Waals surface area (Å²) in [5.74, 6) is 10.1. The van der Waals surface area contributed by atoms with Gasteiger partial charge in [-0.25, -0.2) is 0 Å². The van der Waals surface area contributed by atoms with Crippen LogP contribution in [0.15, 0.2) is 36.4 Å². The number of hydrogen-bond acceptors (Lipinski definition) is 0. The SMILES string of the molecule is CCCCCC1CCC(/C=C/C#CC2CCC(c3ccc(CC)cc3)CC2)CC1. The van der Waals surface area contributed by atoms with Gasteiger partial charge in [-0.2, -0.15) is 0 Å². The van der Waals surface area contributed by atoms with Gasteiger partial charge in [0.1, 0.15) is 0 Å². The molecule has 0 N–H and O–H groups in total. The summed E-state index contributed by atoms with van der Waals surface area (Å²) in [7, 11) is 0. The lowest BCUT2D eigenvalue weighted by atomic mass is 9.78. The van der Waals surface area contributed by atoms with Crippen molar-refractivity contribution in [1.29, 1.82) is 0 Å². The molecule has 0 atom stereocenters.